The summed E-state index contributed by atoms with van der Waals surface area (Å²) in [4.78, 5) is 101. The van der Waals surface area contributed by atoms with E-state index in [-0.39, 0.29) is 43.8 Å². The molecule has 2 rings (SSSR count). The summed E-state index contributed by atoms with van der Waals surface area (Å²) < 4.78 is 31.7. The molecule has 11 N–H and O–H groups in total. The van der Waals surface area contributed by atoms with Crippen LogP contribution in [0.25, 0.3) is 0 Å². The van der Waals surface area contributed by atoms with Gasteiger partial charge in [-0.05, 0) is 74.2 Å². The second kappa shape index (κ2) is 30.8. The Bertz CT molecular complexity index is 1840. The zero-order valence-electron chi connectivity index (χ0n) is 37.8. The molecule has 6 amide bonds. The molecule has 368 valence electrons. The van der Waals surface area contributed by atoms with Crippen LogP contribution in [-0.4, -0.2) is 112 Å². The summed E-state index contributed by atoms with van der Waals surface area (Å²) in [7, 11) is 0. The van der Waals surface area contributed by atoms with Crippen molar-refractivity contribution >= 4 is 47.9 Å². The van der Waals surface area contributed by atoms with E-state index < -0.39 is 83.9 Å². The van der Waals surface area contributed by atoms with Gasteiger partial charge < -0.3 is 53.0 Å². The van der Waals surface area contributed by atoms with Crippen molar-refractivity contribution < 1.29 is 66.8 Å². The van der Waals surface area contributed by atoms with E-state index >= 15 is 0 Å². The lowest BCUT2D eigenvalue weighted by Crippen LogP contribution is -2.60. The van der Waals surface area contributed by atoms with Crippen LogP contribution in [0.2, 0.25) is 0 Å². The highest BCUT2D eigenvalue weighted by molar-refractivity contribution is 5.96. The van der Waals surface area contributed by atoms with Crippen molar-refractivity contribution in [1.29, 1.82) is 0 Å². The average Bonchev–Trinajstić information content (AvgIpc) is 3.26. The number of benzene rings is 2. The maximum atomic E-state index is 14.2. The molecule has 0 fully saturated rings. The second-order valence-corrected chi connectivity index (χ2v) is 16.0. The molecule has 0 aliphatic carbocycles. The number of amides is 6. The minimum Gasteiger partial charge on any atom is -0.508 e. The normalized spacial score (nSPS) is 13.8. The molecule has 6 atom stereocenters. The van der Waals surface area contributed by atoms with Gasteiger partial charge in [0.2, 0.25) is 35.9 Å². The predicted octanol–water partition coefficient (Wildman–Crippen LogP) is 2.99. The van der Waals surface area contributed by atoms with Gasteiger partial charge >= 0.3 is 18.1 Å². The molecule has 0 heterocycles. The van der Waals surface area contributed by atoms with E-state index in [1.807, 2.05) is 33.8 Å². The van der Waals surface area contributed by atoms with Gasteiger partial charge in [0, 0.05) is 12.8 Å². The van der Waals surface area contributed by atoms with Crippen molar-refractivity contribution in [3.05, 3.63) is 65.7 Å². The van der Waals surface area contributed by atoms with E-state index in [9.17, 15) is 56.9 Å². The molecule has 21 heteroatoms. The lowest BCUT2D eigenvalue weighted by molar-refractivity contribution is -0.192. The van der Waals surface area contributed by atoms with Crippen molar-refractivity contribution in [2.24, 2.45) is 11.7 Å². The van der Waals surface area contributed by atoms with Crippen molar-refractivity contribution in [3.63, 3.8) is 0 Å². The van der Waals surface area contributed by atoms with Crippen molar-refractivity contribution in [1.82, 2.24) is 31.9 Å². The summed E-state index contributed by atoms with van der Waals surface area (Å²) in [5.41, 5.74) is 6.86. The Morgan fingerprint density at radius 3 is 1.47 bits per heavy atom. The van der Waals surface area contributed by atoms with Gasteiger partial charge in [0.05, 0.1) is 0 Å². The number of halogens is 3. The van der Waals surface area contributed by atoms with E-state index in [1.165, 1.54) is 12.1 Å². The third kappa shape index (κ3) is 23.1. The van der Waals surface area contributed by atoms with Crippen LogP contribution in [-0.2, 0) is 51.2 Å². The number of rotatable bonds is 29. The van der Waals surface area contributed by atoms with Gasteiger partial charge in [-0.15, -0.1) is 0 Å². The zero-order valence-corrected chi connectivity index (χ0v) is 37.8. The maximum Gasteiger partial charge on any atom is 0.490 e. The summed E-state index contributed by atoms with van der Waals surface area (Å²) in [6, 6.07) is 8.21. The molecule has 18 nitrogen and oxygen atoms in total. The van der Waals surface area contributed by atoms with Crippen LogP contribution in [0, 0.1) is 5.92 Å². The highest BCUT2D eigenvalue weighted by Crippen LogP contribution is 2.15. The predicted molar refractivity (Wildman–Crippen MR) is 237 cm³/mol. The largest absolute Gasteiger partial charge is 0.508 e. The fourth-order valence-electron chi connectivity index (χ4n) is 6.41. The first-order valence-corrected chi connectivity index (χ1v) is 21.9. The van der Waals surface area contributed by atoms with Crippen molar-refractivity contribution in [3.8, 4) is 5.75 Å². The van der Waals surface area contributed by atoms with Crippen LogP contribution in [0.1, 0.15) is 103 Å². The van der Waals surface area contributed by atoms with E-state index in [4.69, 9.17) is 15.6 Å². The minimum absolute atomic E-state index is 0.00638. The molecule has 0 spiro atoms. The third-order valence-electron chi connectivity index (χ3n) is 9.98. The first-order valence-electron chi connectivity index (χ1n) is 21.9. The van der Waals surface area contributed by atoms with Gasteiger partial charge in [0.15, 0.2) is 0 Å². The molecule has 0 radical (unpaired) electrons. The van der Waals surface area contributed by atoms with Crippen molar-refractivity contribution in [2.75, 3.05) is 6.54 Å². The molecule has 66 heavy (non-hydrogen) atoms. The van der Waals surface area contributed by atoms with Crippen LogP contribution >= 0.6 is 0 Å². The Kier molecular flexibility index (Phi) is 27.0. The second-order valence-electron chi connectivity index (χ2n) is 16.0. The van der Waals surface area contributed by atoms with Crippen LogP contribution in [0.5, 0.6) is 5.75 Å². The van der Waals surface area contributed by atoms with Gasteiger partial charge in [-0.2, -0.15) is 13.2 Å². The van der Waals surface area contributed by atoms with Crippen LogP contribution in [0.3, 0.4) is 0 Å². The van der Waals surface area contributed by atoms with E-state index in [0.717, 1.165) is 6.42 Å². The van der Waals surface area contributed by atoms with Gasteiger partial charge in [0.1, 0.15) is 42.0 Å². The molecular formula is C45H66F3N7O11. The Morgan fingerprint density at radius 1 is 0.606 bits per heavy atom. The maximum absolute atomic E-state index is 14.2. The van der Waals surface area contributed by atoms with Gasteiger partial charge in [-0.3, -0.25) is 28.8 Å². The summed E-state index contributed by atoms with van der Waals surface area (Å²) >= 11 is 0. The van der Waals surface area contributed by atoms with Crippen LogP contribution in [0.4, 0.5) is 13.2 Å². The fourth-order valence-corrected chi connectivity index (χ4v) is 6.41. The van der Waals surface area contributed by atoms with Crippen molar-refractivity contribution in [2.45, 2.75) is 147 Å². The molecule has 0 saturated carbocycles. The zero-order chi connectivity index (χ0) is 49.8. The number of unbranched alkanes of at least 4 members (excludes halogenated alkanes) is 3. The SMILES string of the molecule is CCCCC(NC=O)C(=O)NC(CC(C)C)C(=O)NC(Cc1ccccc1)C(=O)NC(CCCC)C(=O)NC(Cc1ccc(O)cc1)C(=O)NC(CCCCN)C(=O)O.O=C(O)C(F)(F)F. The van der Waals surface area contributed by atoms with Gasteiger partial charge in [0.25, 0.3) is 0 Å². The lowest BCUT2D eigenvalue weighted by atomic mass is 9.99. The number of carboxylic acid groups (broad SMARTS) is 2. The summed E-state index contributed by atoms with van der Waals surface area (Å²) in [5, 5.41) is 42.9. The molecule has 2 aromatic rings. The number of hydrogen-bond acceptors (Lipinski definition) is 10. The van der Waals surface area contributed by atoms with E-state index in [0.29, 0.717) is 62.6 Å². The number of nitrogens with two attached hydrogens (primary N) is 1. The first-order chi connectivity index (χ1) is 31.2. The number of phenolic OH excluding ortho intramolecular Hbond substituents is 1. The number of hydrogen-bond donors (Lipinski definition) is 10. The monoisotopic (exact) mass is 937 g/mol. The highest BCUT2D eigenvalue weighted by atomic mass is 19.4. The molecule has 0 aromatic heterocycles. The third-order valence-corrected chi connectivity index (χ3v) is 9.98. The number of carboxylic acids is 2. The first kappa shape index (κ1) is 57.8. The smallest absolute Gasteiger partial charge is 0.490 e. The number of aliphatic carboxylic acids is 2. The van der Waals surface area contributed by atoms with E-state index in [2.05, 4.69) is 31.9 Å². The molecule has 2 aromatic carbocycles. The Morgan fingerprint density at radius 2 is 1.02 bits per heavy atom. The molecular weight excluding hydrogens is 872 g/mol. The summed E-state index contributed by atoms with van der Waals surface area (Å²) in [5.74, 6) is -7.32. The molecule has 0 bridgehead atoms. The summed E-state index contributed by atoms with van der Waals surface area (Å²) in [6.45, 7) is 7.99. The van der Waals surface area contributed by atoms with Gasteiger partial charge in [-0.1, -0.05) is 95.8 Å². The average molecular weight is 938 g/mol. The number of aromatic hydroxyl groups is 1. The Hall–Kier alpha value is -6.25. The molecule has 0 aliphatic rings. The van der Waals surface area contributed by atoms with Crippen LogP contribution in [0.15, 0.2) is 54.6 Å². The van der Waals surface area contributed by atoms with Crippen LogP contribution < -0.4 is 37.6 Å². The van der Waals surface area contributed by atoms with Gasteiger partial charge in [-0.25, -0.2) is 9.59 Å². The number of carbonyl (C=O) groups is 8. The number of nitrogens with one attached hydrogen (secondary N) is 6. The minimum atomic E-state index is -5.08. The number of carbonyl (C=O) groups excluding carboxylic acids is 6. The number of phenols is 1. The summed E-state index contributed by atoms with van der Waals surface area (Å²) in [6.07, 6.45) is -0.0714. The standard InChI is InChI=1S/C43H65N7O9.C2HF3O2/c1-5-7-16-32(45-27-51)38(53)48-35(24-28(3)4)40(55)50-36(25-29-14-10-9-11-15-29)41(56)46-33(17-8-6-2)39(54)49-37(26-30-19-21-31(52)22-20-30)42(57)47-34(43(58)59)18-12-13-23-44;3-2(4,5)1(6)7/h9-11,14-15,19-22,27-28,32-37,52H,5-8,12-13,16-18,23-26,44H2,1-4H3,(H,45,51)(H,46,56)(H,47,57)(H,48,53)(H,49,54)(H,50,55)(H,58,59);(H,6,7). The molecule has 0 saturated heterocycles. The quantitative estimate of drug-likeness (QED) is 0.0416. The number of alkyl halides is 3. The highest BCUT2D eigenvalue weighted by Gasteiger charge is 2.38. The lowest BCUT2D eigenvalue weighted by Gasteiger charge is -2.28. The van der Waals surface area contributed by atoms with E-state index in [1.54, 1.807) is 36.4 Å². The Balaban J connectivity index is 0.00000286. The molecule has 6 unspecified atom stereocenters. The molecule has 0 aliphatic heterocycles. The fraction of sp³-hybridized carbons (Fsp3) is 0.556. The Labute approximate surface area is 382 Å². The topological polar surface area (TPSA) is 295 Å².